The zero-order valence-corrected chi connectivity index (χ0v) is 21.7. The van der Waals surface area contributed by atoms with E-state index >= 15 is 0 Å². The second-order valence-corrected chi connectivity index (χ2v) is 10.5. The van der Waals surface area contributed by atoms with Crippen LogP contribution in [-0.2, 0) is 17.2 Å². The molecule has 1 saturated heterocycles. The molecule has 3 atom stereocenters. The highest BCUT2D eigenvalue weighted by Gasteiger charge is 2.26. The van der Waals surface area contributed by atoms with Gasteiger partial charge in [-0.15, -0.1) is 35.3 Å². The Morgan fingerprint density at radius 2 is 2.10 bits per heavy atom. The molecule has 3 rings (SSSR count). The highest BCUT2D eigenvalue weighted by atomic mass is 127. The molecule has 0 bridgehead atoms. The highest BCUT2D eigenvalue weighted by molar-refractivity contribution is 14.0. The molecular weight excluding hydrogens is 517 g/mol. The van der Waals surface area contributed by atoms with E-state index in [1.807, 2.05) is 6.92 Å². The molecule has 6 nitrogen and oxygen atoms in total. The Bertz CT molecular complexity index is 663. The van der Waals surface area contributed by atoms with Gasteiger partial charge in [0.05, 0.1) is 5.69 Å². The summed E-state index contributed by atoms with van der Waals surface area (Å²) in [5.41, 5.74) is 1.14. The van der Waals surface area contributed by atoms with Crippen molar-refractivity contribution in [2.24, 2.45) is 4.99 Å². The maximum absolute atomic E-state index is 12.2. The monoisotopic (exact) mass is 553 g/mol. The molecule has 2 N–H and O–H groups in total. The number of hydrogen-bond donors (Lipinski definition) is 2. The van der Waals surface area contributed by atoms with Crippen molar-refractivity contribution in [3.63, 3.8) is 0 Å². The van der Waals surface area contributed by atoms with Crippen molar-refractivity contribution in [1.29, 1.82) is 0 Å². The Morgan fingerprint density at radius 1 is 1.31 bits per heavy atom. The number of thiazole rings is 1. The van der Waals surface area contributed by atoms with E-state index in [2.05, 4.69) is 27.8 Å². The summed E-state index contributed by atoms with van der Waals surface area (Å²) in [7, 11) is -0.693. The van der Waals surface area contributed by atoms with Crippen LogP contribution in [0.5, 0.6) is 0 Å². The van der Waals surface area contributed by atoms with E-state index in [9.17, 15) is 4.21 Å². The third-order valence-electron chi connectivity index (χ3n) is 5.52. The number of nitrogens with zero attached hydrogens (tertiary/aromatic N) is 3. The SMILES string of the molecule is CCNC(=NCCc1csc(N2CCCC2)n1)NC1CCCC(S(=O)CC)C1.I. The number of aliphatic imine (C=N–C) groups is 1. The lowest BCUT2D eigenvalue weighted by Crippen LogP contribution is -2.46. The summed E-state index contributed by atoms with van der Waals surface area (Å²) in [6, 6.07) is 0.369. The largest absolute Gasteiger partial charge is 0.357 e. The van der Waals surface area contributed by atoms with E-state index in [-0.39, 0.29) is 24.0 Å². The van der Waals surface area contributed by atoms with E-state index in [4.69, 9.17) is 9.98 Å². The van der Waals surface area contributed by atoms with Crippen LogP contribution in [0.2, 0.25) is 0 Å². The molecule has 1 aromatic rings. The van der Waals surface area contributed by atoms with Crippen molar-refractivity contribution in [3.8, 4) is 0 Å². The average Bonchev–Trinajstić information content (AvgIpc) is 3.39. The van der Waals surface area contributed by atoms with Gasteiger partial charge in [-0.05, 0) is 39.0 Å². The molecule has 0 radical (unpaired) electrons. The molecule has 1 aliphatic heterocycles. The Morgan fingerprint density at radius 3 is 2.83 bits per heavy atom. The standard InChI is InChI=1S/C20H35N5OS2.HI/c1-3-21-19(23-16-8-7-9-18(14-16)28(26)4-2)22-11-10-17-15-27-20(24-17)25-12-5-6-13-25;/h15-16,18H,3-14H2,1-2H3,(H2,21,22,23);1H. The number of guanidine groups is 1. The molecule has 166 valence electrons. The summed E-state index contributed by atoms with van der Waals surface area (Å²) in [5, 5.41) is 10.6. The summed E-state index contributed by atoms with van der Waals surface area (Å²) in [6.07, 6.45) is 7.79. The normalized spacial score (nSPS) is 23.5. The first-order valence-corrected chi connectivity index (χ1v) is 13.1. The van der Waals surface area contributed by atoms with Crippen molar-refractivity contribution in [2.45, 2.75) is 70.1 Å². The minimum atomic E-state index is -0.693. The van der Waals surface area contributed by atoms with Gasteiger partial charge >= 0.3 is 0 Å². The Labute approximate surface area is 199 Å². The van der Waals surface area contributed by atoms with Crippen molar-refractivity contribution in [3.05, 3.63) is 11.1 Å². The number of rotatable bonds is 8. The molecule has 0 amide bonds. The first kappa shape index (κ1) is 24.8. The van der Waals surface area contributed by atoms with Gasteiger partial charge in [0.1, 0.15) is 0 Å². The summed E-state index contributed by atoms with van der Waals surface area (Å²) in [4.78, 5) is 12.0. The van der Waals surface area contributed by atoms with Gasteiger partial charge in [0, 0.05) is 65.8 Å². The van der Waals surface area contributed by atoms with E-state index in [1.165, 1.54) is 18.0 Å². The van der Waals surface area contributed by atoms with Crippen molar-refractivity contribution < 1.29 is 4.21 Å². The predicted octanol–water partition coefficient (Wildman–Crippen LogP) is 3.54. The fourth-order valence-electron chi connectivity index (χ4n) is 4.01. The van der Waals surface area contributed by atoms with Gasteiger partial charge < -0.3 is 15.5 Å². The zero-order chi connectivity index (χ0) is 19.8. The van der Waals surface area contributed by atoms with E-state index in [0.29, 0.717) is 11.3 Å². The van der Waals surface area contributed by atoms with Crippen molar-refractivity contribution in [2.75, 3.05) is 36.8 Å². The summed E-state index contributed by atoms with van der Waals surface area (Å²) < 4.78 is 12.2. The predicted molar refractivity (Wildman–Crippen MR) is 137 cm³/mol. The van der Waals surface area contributed by atoms with Crippen LogP contribution >= 0.6 is 35.3 Å². The van der Waals surface area contributed by atoms with E-state index < -0.39 is 10.8 Å². The van der Waals surface area contributed by atoms with Gasteiger partial charge in [-0.1, -0.05) is 13.3 Å². The summed E-state index contributed by atoms with van der Waals surface area (Å²) in [5.74, 6) is 1.64. The molecule has 2 fully saturated rings. The molecule has 9 heteroatoms. The lowest BCUT2D eigenvalue weighted by Gasteiger charge is -2.30. The fraction of sp³-hybridized carbons (Fsp3) is 0.800. The molecule has 29 heavy (non-hydrogen) atoms. The van der Waals surface area contributed by atoms with Crippen LogP contribution in [0.4, 0.5) is 5.13 Å². The van der Waals surface area contributed by atoms with Crippen molar-refractivity contribution >= 4 is 57.2 Å². The molecule has 0 aromatic carbocycles. The van der Waals surface area contributed by atoms with Gasteiger partial charge in [-0.3, -0.25) is 9.20 Å². The van der Waals surface area contributed by atoms with Gasteiger partial charge in [-0.25, -0.2) is 4.98 Å². The first-order valence-electron chi connectivity index (χ1n) is 10.8. The third kappa shape index (κ3) is 7.65. The Hall–Kier alpha value is -0.420. The Balaban J connectivity index is 0.00000300. The molecule has 3 unspecified atom stereocenters. The van der Waals surface area contributed by atoms with Gasteiger partial charge in [-0.2, -0.15) is 0 Å². The third-order valence-corrected chi connectivity index (χ3v) is 8.21. The molecule has 2 aliphatic rings. The maximum Gasteiger partial charge on any atom is 0.191 e. The minimum Gasteiger partial charge on any atom is -0.357 e. The van der Waals surface area contributed by atoms with Crippen molar-refractivity contribution in [1.82, 2.24) is 15.6 Å². The van der Waals surface area contributed by atoms with Gasteiger partial charge in [0.25, 0.3) is 0 Å². The highest BCUT2D eigenvalue weighted by Crippen LogP contribution is 2.25. The van der Waals surface area contributed by atoms with Crippen LogP contribution in [0.1, 0.15) is 58.1 Å². The smallest absolute Gasteiger partial charge is 0.191 e. The number of nitrogens with one attached hydrogen (secondary N) is 2. The summed E-state index contributed by atoms with van der Waals surface area (Å²) in [6.45, 7) is 7.98. The van der Waals surface area contributed by atoms with Crippen LogP contribution < -0.4 is 15.5 Å². The average molecular weight is 554 g/mol. The van der Waals surface area contributed by atoms with Crippen LogP contribution in [0, 0.1) is 0 Å². The number of aromatic nitrogens is 1. The molecule has 2 heterocycles. The quantitative estimate of drug-likeness (QED) is 0.293. The lowest BCUT2D eigenvalue weighted by molar-refractivity contribution is 0.413. The van der Waals surface area contributed by atoms with E-state index in [0.717, 1.165) is 75.7 Å². The van der Waals surface area contributed by atoms with E-state index in [1.54, 1.807) is 11.3 Å². The maximum atomic E-state index is 12.2. The van der Waals surface area contributed by atoms with Gasteiger partial charge in [0.2, 0.25) is 0 Å². The molecule has 1 saturated carbocycles. The number of anilines is 1. The minimum absolute atomic E-state index is 0. The second-order valence-electron chi connectivity index (χ2n) is 7.63. The van der Waals surface area contributed by atoms with Crippen LogP contribution in [0.3, 0.4) is 0 Å². The molecule has 1 aromatic heterocycles. The van der Waals surface area contributed by atoms with Crippen LogP contribution in [0.25, 0.3) is 0 Å². The topological polar surface area (TPSA) is 69.6 Å². The number of halogens is 1. The summed E-state index contributed by atoms with van der Waals surface area (Å²) >= 11 is 1.76. The Kier molecular flexibility index (Phi) is 11.2. The zero-order valence-electron chi connectivity index (χ0n) is 17.7. The molecular formula is C20H36IN5OS2. The first-order chi connectivity index (χ1) is 13.7. The number of hydrogen-bond acceptors (Lipinski definition) is 5. The fourth-order valence-corrected chi connectivity index (χ4v) is 6.27. The molecule has 1 aliphatic carbocycles. The van der Waals surface area contributed by atoms with Crippen LogP contribution in [-0.4, -0.2) is 58.4 Å². The van der Waals surface area contributed by atoms with Gasteiger partial charge in [0.15, 0.2) is 11.1 Å². The molecule has 0 spiro atoms. The second kappa shape index (κ2) is 13.1. The lowest BCUT2D eigenvalue weighted by atomic mass is 9.95. The van der Waals surface area contributed by atoms with Crippen LogP contribution in [0.15, 0.2) is 10.4 Å².